The molecular formula is C26H28FN5OS. The fourth-order valence-corrected chi connectivity index (χ4v) is 5.77. The van der Waals surface area contributed by atoms with E-state index < -0.39 is 0 Å². The third-order valence-electron chi connectivity index (χ3n) is 6.55. The molecule has 0 amide bonds. The summed E-state index contributed by atoms with van der Waals surface area (Å²) in [4.78, 5) is 14.4. The van der Waals surface area contributed by atoms with Crippen molar-refractivity contribution in [2.75, 3.05) is 17.2 Å². The van der Waals surface area contributed by atoms with Crippen LogP contribution in [0.2, 0.25) is 0 Å². The van der Waals surface area contributed by atoms with Crippen LogP contribution in [0.4, 0.5) is 16.2 Å². The third kappa shape index (κ3) is 4.60. The molecule has 2 aromatic heterocycles. The van der Waals surface area contributed by atoms with E-state index in [0.717, 1.165) is 45.1 Å². The number of halogens is 1. The summed E-state index contributed by atoms with van der Waals surface area (Å²) in [5.41, 5.74) is 3.20. The Morgan fingerprint density at radius 2 is 1.85 bits per heavy atom. The van der Waals surface area contributed by atoms with E-state index in [1.165, 1.54) is 6.07 Å². The molecule has 3 atom stereocenters. The minimum Gasteiger partial charge on any atom is -0.396 e. The maximum Gasteiger partial charge on any atom is 0.225 e. The van der Waals surface area contributed by atoms with E-state index in [-0.39, 0.29) is 18.5 Å². The van der Waals surface area contributed by atoms with E-state index in [0.29, 0.717) is 29.9 Å². The molecule has 1 aliphatic carbocycles. The second-order valence-corrected chi connectivity index (χ2v) is 10.1. The summed E-state index contributed by atoms with van der Waals surface area (Å²) in [6.07, 6.45) is 1.87. The predicted octanol–water partition coefficient (Wildman–Crippen LogP) is 5.63. The number of para-hydroxylation sites is 1. The van der Waals surface area contributed by atoms with Crippen molar-refractivity contribution in [3.63, 3.8) is 0 Å². The van der Waals surface area contributed by atoms with Crippen LogP contribution in [-0.2, 0) is 6.54 Å². The Balaban J connectivity index is 1.51. The van der Waals surface area contributed by atoms with Gasteiger partial charge in [0.2, 0.25) is 5.95 Å². The van der Waals surface area contributed by atoms with Gasteiger partial charge in [-0.15, -0.1) is 11.3 Å². The van der Waals surface area contributed by atoms with Gasteiger partial charge in [-0.3, -0.25) is 0 Å². The number of aliphatic hydroxyl groups excluding tert-OH is 1. The lowest BCUT2D eigenvalue weighted by molar-refractivity contribution is 0.226. The molecule has 0 spiro atoms. The molecule has 34 heavy (non-hydrogen) atoms. The van der Waals surface area contributed by atoms with Crippen molar-refractivity contribution < 1.29 is 9.50 Å². The lowest BCUT2D eigenvalue weighted by atomic mass is 10.1. The first-order valence-corrected chi connectivity index (χ1v) is 12.4. The number of rotatable bonds is 7. The van der Waals surface area contributed by atoms with Crippen molar-refractivity contribution in [3.8, 4) is 10.6 Å². The summed E-state index contributed by atoms with van der Waals surface area (Å²) in [6, 6.07) is 15.0. The first kappa shape index (κ1) is 22.7. The van der Waals surface area contributed by atoms with E-state index in [1.807, 2.05) is 31.2 Å². The van der Waals surface area contributed by atoms with Crippen molar-refractivity contribution in [3.05, 3.63) is 65.6 Å². The molecule has 0 radical (unpaired) electrons. The van der Waals surface area contributed by atoms with Crippen molar-refractivity contribution in [1.82, 2.24) is 15.0 Å². The smallest absolute Gasteiger partial charge is 0.225 e. The second-order valence-electron chi connectivity index (χ2n) is 9.04. The first-order chi connectivity index (χ1) is 16.5. The number of hydrogen-bond acceptors (Lipinski definition) is 7. The Labute approximate surface area is 202 Å². The van der Waals surface area contributed by atoms with Crippen LogP contribution < -0.4 is 10.6 Å². The molecule has 1 saturated carbocycles. The summed E-state index contributed by atoms with van der Waals surface area (Å²) < 4.78 is 15.2. The van der Waals surface area contributed by atoms with E-state index in [2.05, 4.69) is 23.6 Å². The van der Waals surface area contributed by atoms with Crippen molar-refractivity contribution in [2.24, 2.45) is 11.8 Å². The van der Waals surface area contributed by atoms with Gasteiger partial charge in [0.1, 0.15) is 16.6 Å². The molecule has 1 fully saturated rings. The number of aryl methyl sites for hydroxylation is 1. The highest BCUT2D eigenvalue weighted by Gasteiger charge is 2.32. The van der Waals surface area contributed by atoms with Gasteiger partial charge in [0, 0.05) is 24.8 Å². The van der Waals surface area contributed by atoms with E-state index in [4.69, 9.17) is 15.0 Å². The molecule has 2 aromatic carbocycles. The normalized spacial score (nSPS) is 20.1. The first-order valence-electron chi connectivity index (χ1n) is 11.6. The fourth-order valence-electron chi connectivity index (χ4n) is 4.71. The molecule has 8 heteroatoms. The fraction of sp³-hybridized carbons (Fsp3) is 0.346. The van der Waals surface area contributed by atoms with Crippen LogP contribution in [0.25, 0.3) is 20.8 Å². The maximum absolute atomic E-state index is 14.1. The molecule has 1 aliphatic rings. The zero-order chi connectivity index (χ0) is 23.7. The van der Waals surface area contributed by atoms with Crippen LogP contribution in [0, 0.1) is 24.6 Å². The minimum absolute atomic E-state index is 0.194. The number of thiazole rings is 1. The van der Waals surface area contributed by atoms with E-state index in [9.17, 15) is 9.50 Å². The number of fused-ring (bicyclic) bond motifs is 1. The molecule has 3 N–H and O–H groups in total. The Morgan fingerprint density at radius 3 is 2.62 bits per heavy atom. The molecule has 6 nitrogen and oxygen atoms in total. The predicted molar refractivity (Wildman–Crippen MR) is 135 cm³/mol. The Morgan fingerprint density at radius 1 is 1.06 bits per heavy atom. The monoisotopic (exact) mass is 477 g/mol. The number of benzene rings is 2. The zero-order valence-corrected chi connectivity index (χ0v) is 20.1. The van der Waals surface area contributed by atoms with Crippen LogP contribution in [0.3, 0.4) is 0 Å². The van der Waals surface area contributed by atoms with Gasteiger partial charge in [0.15, 0.2) is 0 Å². The van der Waals surface area contributed by atoms with E-state index in [1.54, 1.807) is 23.5 Å². The molecule has 5 rings (SSSR count). The van der Waals surface area contributed by atoms with Gasteiger partial charge in [-0.1, -0.05) is 37.3 Å². The minimum atomic E-state index is -0.258. The Kier molecular flexibility index (Phi) is 6.43. The number of aromatic nitrogens is 3. The highest BCUT2D eigenvalue weighted by molar-refractivity contribution is 7.21. The van der Waals surface area contributed by atoms with Gasteiger partial charge in [0.25, 0.3) is 0 Å². The summed E-state index contributed by atoms with van der Waals surface area (Å²) in [5, 5.41) is 17.4. The SMILES string of the molecule is Cc1nc(NCc2ccccc2F)nc(N[C@@H]2C[C@H](CO)C[C@H]2C)c1-c1nc2ccccc2s1. The lowest BCUT2D eigenvalue weighted by Crippen LogP contribution is -2.24. The van der Waals surface area contributed by atoms with Gasteiger partial charge in [-0.2, -0.15) is 4.98 Å². The van der Waals surface area contributed by atoms with Gasteiger partial charge in [-0.25, -0.2) is 14.4 Å². The molecular weight excluding hydrogens is 449 g/mol. The topological polar surface area (TPSA) is 83.0 Å². The molecule has 0 bridgehead atoms. The molecule has 176 valence electrons. The standard InChI is InChI=1S/C26H28FN5OS/c1-15-11-17(14-33)12-21(15)30-24-23(25-31-20-9-5-6-10-22(20)34-25)16(2)29-26(32-24)28-13-18-7-3-4-8-19(18)27/h3-10,15,17,21,33H,11-14H2,1-2H3,(H2,28,29,30,32)/t15-,17-,21-/m1/s1. The largest absolute Gasteiger partial charge is 0.396 e. The van der Waals surface area contributed by atoms with Crippen molar-refractivity contribution >= 4 is 33.3 Å². The Bertz CT molecular complexity index is 1280. The summed E-state index contributed by atoms with van der Waals surface area (Å²) in [6.45, 7) is 4.65. The van der Waals surface area contributed by atoms with Crippen LogP contribution in [0.5, 0.6) is 0 Å². The number of aliphatic hydroxyl groups is 1. The molecule has 0 aliphatic heterocycles. The molecule has 4 aromatic rings. The number of nitrogens with one attached hydrogen (secondary N) is 2. The van der Waals surface area contributed by atoms with Gasteiger partial charge < -0.3 is 15.7 Å². The maximum atomic E-state index is 14.1. The number of nitrogens with zero attached hydrogens (tertiary/aromatic N) is 3. The molecule has 0 saturated heterocycles. The van der Waals surface area contributed by atoms with E-state index >= 15 is 0 Å². The van der Waals surface area contributed by atoms with Crippen LogP contribution in [0.1, 0.15) is 31.0 Å². The summed E-state index contributed by atoms with van der Waals surface area (Å²) >= 11 is 1.62. The average molecular weight is 478 g/mol. The third-order valence-corrected chi connectivity index (χ3v) is 7.61. The van der Waals surface area contributed by atoms with Crippen molar-refractivity contribution in [2.45, 2.75) is 39.3 Å². The highest BCUT2D eigenvalue weighted by atomic mass is 32.1. The molecule has 0 unspecified atom stereocenters. The summed E-state index contributed by atoms with van der Waals surface area (Å²) in [7, 11) is 0. The quantitative estimate of drug-likeness (QED) is 0.320. The van der Waals surface area contributed by atoms with Crippen LogP contribution >= 0.6 is 11.3 Å². The van der Waals surface area contributed by atoms with Gasteiger partial charge in [-0.05, 0) is 49.8 Å². The van der Waals surface area contributed by atoms with Crippen LogP contribution in [-0.4, -0.2) is 32.7 Å². The number of hydrogen-bond donors (Lipinski definition) is 3. The van der Waals surface area contributed by atoms with Crippen molar-refractivity contribution in [1.29, 1.82) is 0 Å². The average Bonchev–Trinajstić information content (AvgIpc) is 3.41. The van der Waals surface area contributed by atoms with Crippen LogP contribution in [0.15, 0.2) is 48.5 Å². The lowest BCUT2D eigenvalue weighted by Gasteiger charge is -2.21. The zero-order valence-electron chi connectivity index (χ0n) is 19.3. The Hall–Kier alpha value is -3.10. The second kappa shape index (κ2) is 9.64. The summed E-state index contributed by atoms with van der Waals surface area (Å²) in [5.74, 6) is 1.60. The highest BCUT2D eigenvalue weighted by Crippen LogP contribution is 2.39. The number of anilines is 2. The molecule has 2 heterocycles. The van der Waals surface area contributed by atoms with Gasteiger partial charge >= 0.3 is 0 Å². The van der Waals surface area contributed by atoms with Gasteiger partial charge in [0.05, 0.1) is 21.5 Å².